The molecule has 0 bridgehead atoms. The van der Waals surface area contributed by atoms with Crippen molar-refractivity contribution >= 4 is 12.1 Å². The second kappa shape index (κ2) is 4.21. The van der Waals surface area contributed by atoms with E-state index in [1.807, 2.05) is 0 Å². The molecule has 0 spiro atoms. The molecular formula is C12H15N3O3. The molecule has 1 fully saturated rings. The topological polar surface area (TPSA) is 64.1 Å². The van der Waals surface area contributed by atoms with Crippen LogP contribution >= 0.6 is 0 Å². The summed E-state index contributed by atoms with van der Waals surface area (Å²) in [6, 6.07) is 5.88. The third-order valence-corrected chi connectivity index (χ3v) is 3.13. The zero-order chi connectivity index (χ0) is 13.4. The number of rotatable bonds is 1. The zero-order valence-corrected chi connectivity index (χ0v) is 10.5. The smallest absolute Gasteiger partial charge is 0.329 e. The second-order valence-corrected chi connectivity index (χ2v) is 4.28. The predicted octanol–water partition coefficient (Wildman–Crippen LogP) is 1.44. The summed E-state index contributed by atoms with van der Waals surface area (Å²) in [5.74, 6) is 0.0614. The van der Waals surface area contributed by atoms with Crippen LogP contribution in [-0.4, -0.2) is 53.0 Å². The Labute approximate surface area is 105 Å². The van der Waals surface area contributed by atoms with Crippen molar-refractivity contribution in [3.8, 4) is 5.75 Å². The van der Waals surface area contributed by atoms with Crippen LogP contribution in [0.3, 0.4) is 0 Å². The molecule has 18 heavy (non-hydrogen) atoms. The molecule has 0 radical (unpaired) electrons. The first-order valence-corrected chi connectivity index (χ1v) is 5.50. The summed E-state index contributed by atoms with van der Waals surface area (Å²) in [7, 11) is 4.62. The number of hydrogen-bond donors (Lipinski definition) is 1. The number of para-hydroxylation sites is 1. The highest BCUT2D eigenvalue weighted by Crippen LogP contribution is 2.33. The largest absolute Gasteiger partial charge is 0.508 e. The van der Waals surface area contributed by atoms with E-state index >= 15 is 0 Å². The quantitative estimate of drug-likeness (QED) is 0.819. The first-order chi connectivity index (χ1) is 8.45. The lowest BCUT2D eigenvalue weighted by atomic mass is 10.1. The van der Waals surface area contributed by atoms with Gasteiger partial charge in [-0.1, -0.05) is 18.2 Å². The number of imide groups is 1. The third-order valence-electron chi connectivity index (χ3n) is 3.13. The number of carbonyl (C=O) groups excluding carboxylic acids is 2. The molecule has 4 amide bonds. The molecule has 1 aromatic rings. The number of aromatic hydroxyl groups is 1. The number of phenolic OH excluding ortho intramolecular Hbond substituents is 1. The lowest BCUT2D eigenvalue weighted by Crippen LogP contribution is -2.58. The molecule has 1 N–H and O–H groups in total. The van der Waals surface area contributed by atoms with Crippen LogP contribution in [0.1, 0.15) is 11.7 Å². The van der Waals surface area contributed by atoms with Gasteiger partial charge in [0.1, 0.15) is 11.9 Å². The van der Waals surface area contributed by atoms with Gasteiger partial charge in [0.15, 0.2) is 0 Å². The van der Waals surface area contributed by atoms with Crippen LogP contribution < -0.4 is 0 Å². The van der Waals surface area contributed by atoms with Gasteiger partial charge in [0.2, 0.25) is 0 Å². The number of phenols is 1. The minimum atomic E-state index is -0.595. The van der Waals surface area contributed by atoms with Gasteiger partial charge < -0.3 is 14.9 Å². The summed E-state index contributed by atoms with van der Waals surface area (Å²) < 4.78 is 0. The number of nitrogens with zero attached hydrogens (tertiary/aromatic N) is 3. The Kier molecular flexibility index (Phi) is 2.86. The first kappa shape index (κ1) is 12.2. The molecule has 0 unspecified atom stereocenters. The Morgan fingerprint density at radius 1 is 1.00 bits per heavy atom. The number of hydrogen-bond acceptors (Lipinski definition) is 3. The monoisotopic (exact) mass is 249 g/mol. The standard InChI is InChI=1S/C12H15N3O3/c1-13-10(8-6-4-5-7-9(8)16)14(2)12(18)15(3)11(13)17/h4-7,10,16H,1-3H3. The van der Waals surface area contributed by atoms with E-state index in [4.69, 9.17) is 0 Å². The zero-order valence-electron chi connectivity index (χ0n) is 10.5. The molecule has 1 aliphatic rings. The van der Waals surface area contributed by atoms with E-state index in [1.165, 1.54) is 22.9 Å². The highest BCUT2D eigenvalue weighted by Gasteiger charge is 2.40. The maximum absolute atomic E-state index is 11.9. The molecule has 0 aliphatic carbocycles. The molecule has 1 saturated heterocycles. The van der Waals surface area contributed by atoms with Gasteiger partial charge >= 0.3 is 12.1 Å². The van der Waals surface area contributed by atoms with Crippen molar-refractivity contribution in [2.24, 2.45) is 0 Å². The van der Waals surface area contributed by atoms with Crippen LogP contribution in [0.2, 0.25) is 0 Å². The molecule has 6 nitrogen and oxygen atoms in total. The number of amides is 4. The lowest BCUT2D eigenvalue weighted by Gasteiger charge is -2.43. The van der Waals surface area contributed by atoms with E-state index in [0.717, 1.165) is 4.90 Å². The fraction of sp³-hybridized carbons (Fsp3) is 0.333. The minimum Gasteiger partial charge on any atom is -0.508 e. The predicted molar refractivity (Wildman–Crippen MR) is 64.9 cm³/mol. The third kappa shape index (κ3) is 1.66. The summed E-state index contributed by atoms with van der Waals surface area (Å²) in [6.45, 7) is 0. The maximum Gasteiger partial charge on any atom is 0.329 e. The molecule has 96 valence electrons. The normalized spacial score (nSPS) is 17.6. The van der Waals surface area contributed by atoms with Crippen molar-refractivity contribution in [1.29, 1.82) is 0 Å². The van der Waals surface area contributed by atoms with Gasteiger partial charge in [-0.25, -0.2) is 14.5 Å². The summed E-state index contributed by atoms with van der Waals surface area (Å²) in [4.78, 5) is 27.7. The van der Waals surface area contributed by atoms with Gasteiger partial charge in [-0.3, -0.25) is 0 Å². The average Bonchev–Trinajstić information content (AvgIpc) is 2.36. The van der Waals surface area contributed by atoms with Gasteiger partial charge in [0, 0.05) is 26.7 Å². The van der Waals surface area contributed by atoms with Crippen molar-refractivity contribution < 1.29 is 14.7 Å². The van der Waals surface area contributed by atoms with E-state index in [-0.39, 0.29) is 5.75 Å². The Morgan fingerprint density at radius 2 is 1.50 bits per heavy atom. The SMILES string of the molecule is CN1C(=O)N(C)C(c2ccccc2O)N(C)C1=O. The molecule has 1 aromatic carbocycles. The van der Waals surface area contributed by atoms with Crippen LogP contribution in [0.15, 0.2) is 24.3 Å². The molecule has 0 atom stereocenters. The second-order valence-electron chi connectivity index (χ2n) is 4.28. The van der Waals surface area contributed by atoms with Crippen molar-refractivity contribution in [3.05, 3.63) is 29.8 Å². The van der Waals surface area contributed by atoms with Gasteiger partial charge in [-0.05, 0) is 6.07 Å². The van der Waals surface area contributed by atoms with Gasteiger partial charge in [-0.15, -0.1) is 0 Å². The minimum absolute atomic E-state index is 0.0614. The summed E-state index contributed by atoms with van der Waals surface area (Å²) >= 11 is 0. The molecule has 0 aromatic heterocycles. The Hall–Kier alpha value is -2.24. The summed E-state index contributed by atoms with van der Waals surface area (Å²) in [5, 5.41) is 9.85. The lowest BCUT2D eigenvalue weighted by molar-refractivity contribution is 0.0592. The number of carbonyl (C=O) groups is 2. The van der Waals surface area contributed by atoms with Crippen LogP contribution in [0, 0.1) is 0 Å². The van der Waals surface area contributed by atoms with E-state index < -0.39 is 18.2 Å². The highest BCUT2D eigenvalue weighted by molar-refractivity contribution is 5.95. The average molecular weight is 249 g/mol. The molecule has 1 heterocycles. The van der Waals surface area contributed by atoms with E-state index in [9.17, 15) is 14.7 Å². The molecule has 2 rings (SSSR count). The Bertz CT molecular complexity index is 481. The maximum atomic E-state index is 11.9. The fourth-order valence-electron chi connectivity index (χ4n) is 2.15. The Morgan fingerprint density at radius 3 is 2.00 bits per heavy atom. The van der Waals surface area contributed by atoms with Crippen molar-refractivity contribution in [1.82, 2.24) is 14.7 Å². The van der Waals surface area contributed by atoms with E-state index in [1.54, 1.807) is 32.3 Å². The van der Waals surface area contributed by atoms with Crippen LogP contribution in [0.5, 0.6) is 5.75 Å². The molecule has 6 heteroatoms. The first-order valence-electron chi connectivity index (χ1n) is 5.50. The molecular weight excluding hydrogens is 234 g/mol. The van der Waals surface area contributed by atoms with E-state index in [0.29, 0.717) is 5.56 Å². The summed E-state index contributed by atoms with van der Waals surface area (Å²) in [5.41, 5.74) is 0.525. The van der Waals surface area contributed by atoms with Gasteiger partial charge in [0.25, 0.3) is 0 Å². The van der Waals surface area contributed by atoms with E-state index in [2.05, 4.69) is 0 Å². The number of benzene rings is 1. The number of urea groups is 2. The fourth-order valence-corrected chi connectivity index (χ4v) is 2.15. The summed E-state index contributed by atoms with van der Waals surface area (Å²) in [6.07, 6.45) is -0.595. The van der Waals surface area contributed by atoms with Crippen molar-refractivity contribution in [2.75, 3.05) is 21.1 Å². The van der Waals surface area contributed by atoms with Gasteiger partial charge in [-0.2, -0.15) is 0 Å². The van der Waals surface area contributed by atoms with Gasteiger partial charge in [0.05, 0.1) is 0 Å². The molecule has 1 aliphatic heterocycles. The van der Waals surface area contributed by atoms with Crippen molar-refractivity contribution in [3.63, 3.8) is 0 Å². The van der Waals surface area contributed by atoms with Crippen LogP contribution in [0.4, 0.5) is 9.59 Å². The van der Waals surface area contributed by atoms with Crippen LogP contribution in [-0.2, 0) is 0 Å². The van der Waals surface area contributed by atoms with Crippen LogP contribution in [0.25, 0.3) is 0 Å². The molecule has 0 saturated carbocycles. The Balaban J connectivity index is 2.46. The van der Waals surface area contributed by atoms with Crippen molar-refractivity contribution in [2.45, 2.75) is 6.17 Å². The highest BCUT2D eigenvalue weighted by atomic mass is 16.3.